The molecule has 0 aromatic rings. The van der Waals surface area contributed by atoms with Gasteiger partial charge < -0.3 is 10.4 Å². The van der Waals surface area contributed by atoms with E-state index >= 15 is 0 Å². The number of piperazine rings is 1. The largest absolute Gasteiger partial charge is 0.480 e. The molecule has 0 radical (unpaired) electrons. The molecule has 3 unspecified atom stereocenters. The summed E-state index contributed by atoms with van der Waals surface area (Å²) < 4.78 is 23.4. The predicted octanol–water partition coefficient (Wildman–Crippen LogP) is -0.773. The van der Waals surface area contributed by atoms with Gasteiger partial charge in [0.05, 0.1) is 11.8 Å². The summed E-state index contributed by atoms with van der Waals surface area (Å²) in [5, 5.41) is 11.4. The van der Waals surface area contributed by atoms with Gasteiger partial charge in [0, 0.05) is 18.8 Å². The summed E-state index contributed by atoms with van der Waals surface area (Å²) >= 11 is 0. The minimum absolute atomic E-state index is 0.0259. The first-order valence-electron chi connectivity index (χ1n) is 6.73. The van der Waals surface area contributed by atoms with Crippen molar-refractivity contribution in [2.75, 3.05) is 19.3 Å². The van der Waals surface area contributed by atoms with E-state index in [0.717, 1.165) is 12.8 Å². The van der Waals surface area contributed by atoms with Crippen LogP contribution in [0.15, 0.2) is 0 Å². The minimum atomic E-state index is -3.12. The Morgan fingerprint density at radius 1 is 1.40 bits per heavy atom. The van der Waals surface area contributed by atoms with Gasteiger partial charge in [0.25, 0.3) is 0 Å². The number of hydrogen-bond donors (Lipinski definition) is 2. The molecule has 1 saturated carbocycles. The molecule has 3 atom stereocenters. The van der Waals surface area contributed by atoms with E-state index in [9.17, 15) is 23.1 Å². The fraction of sp³-hybridized carbons (Fsp3) is 0.833. The van der Waals surface area contributed by atoms with E-state index in [1.54, 1.807) is 4.90 Å². The Balaban J connectivity index is 2.15. The van der Waals surface area contributed by atoms with E-state index in [1.165, 1.54) is 6.26 Å². The van der Waals surface area contributed by atoms with Crippen molar-refractivity contribution in [3.05, 3.63) is 0 Å². The Morgan fingerprint density at radius 2 is 2.10 bits per heavy atom. The Kier molecular flexibility index (Phi) is 4.33. The van der Waals surface area contributed by atoms with Crippen LogP contribution in [0.4, 0.5) is 0 Å². The highest BCUT2D eigenvalue weighted by molar-refractivity contribution is 7.91. The van der Waals surface area contributed by atoms with Gasteiger partial charge in [0.15, 0.2) is 0 Å². The summed E-state index contributed by atoms with van der Waals surface area (Å²) in [6.45, 7) is 0.103. The standard InChI is InChI=1S/C12H20N2O5S/c1-20(18,19)9-4-2-3-8(5-9)14-7-11(15)13-6-10(14)12(16)17/h8-10H,2-7H2,1H3,(H,13,15)(H,16,17). The summed E-state index contributed by atoms with van der Waals surface area (Å²) in [4.78, 5) is 24.4. The van der Waals surface area contributed by atoms with Crippen LogP contribution in [-0.2, 0) is 19.4 Å². The number of rotatable bonds is 3. The number of amides is 1. The van der Waals surface area contributed by atoms with Crippen LogP contribution in [-0.4, -0.2) is 67.0 Å². The maximum atomic E-state index is 11.7. The molecule has 114 valence electrons. The summed E-state index contributed by atoms with van der Waals surface area (Å²) in [6.07, 6.45) is 3.73. The van der Waals surface area contributed by atoms with E-state index in [0.29, 0.717) is 12.8 Å². The second-order valence-corrected chi connectivity index (χ2v) is 7.93. The SMILES string of the molecule is CS(=O)(=O)C1CCCC(N2CC(=O)NCC2C(=O)O)C1. The third kappa shape index (κ3) is 3.29. The van der Waals surface area contributed by atoms with Gasteiger partial charge >= 0.3 is 5.97 Å². The van der Waals surface area contributed by atoms with Crippen molar-refractivity contribution in [2.24, 2.45) is 0 Å². The average Bonchev–Trinajstić information content (AvgIpc) is 2.37. The van der Waals surface area contributed by atoms with Crippen molar-refractivity contribution in [1.29, 1.82) is 0 Å². The van der Waals surface area contributed by atoms with Crippen LogP contribution in [0, 0.1) is 0 Å². The lowest BCUT2D eigenvalue weighted by molar-refractivity contribution is -0.147. The molecule has 0 aromatic carbocycles. The fourth-order valence-corrected chi connectivity index (χ4v) is 4.25. The molecule has 0 bridgehead atoms. The third-order valence-electron chi connectivity index (χ3n) is 4.18. The molecule has 2 N–H and O–H groups in total. The molecule has 2 rings (SSSR count). The first-order chi connectivity index (χ1) is 9.29. The summed E-state index contributed by atoms with van der Waals surface area (Å²) in [5.41, 5.74) is 0. The Labute approximate surface area is 118 Å². The zero-order chi connectivity index (χ0) is 14.9. The van der Waals surface area contributed by atoms with Crippen LogP contribution in [0.1, 0.15) is 25.7 Å². The molecule has 7 nitrogen and oxygen atoms in total. The average molecular weight is 304 g/mol. The van der Waals surface area contributed by atoms with Crippen LogP contribution in [0.2, 0.25) is 0 Å². The lowest BCUT2D eigenvalue weighted by Gasteiger charge is -2.41. The van der Waals surface area contributed by atoms with Gasteiger partial charge in [-0.05, 0) is 19.3 Å². The van der Waals surface area contributed by atoms with Gasteiger partial charge in [-0.1, -0.05) is 6.42 Å². The summed E-state index contributed by atoms with van der Waals surface area (Å²) in [6, 6.07) is -0.924. The van der Waals surface area contributed by atoms with Gasteiger partial charge in [-0.25, -0.2) is 8.42 Å². The monoisotopic (exact) mass is 304 g/mol. The lowest BCUT2D eigenvalue weighted by Crippen LogP contribution is -2.61. The van der Waals surface area contributed by atoms with Gasteiger partial charge in [-0.2, -0.15) is 0 Å². The number of carboxylic acids is 1. The van der Waals surface area contributed by atoms with E-state index < -0.39 is 27.1 Å². The van der Waals surface area contributed by atoms with E-state index in [2.05, 4.69) is 5.32 Å². The van der Waals surface area contributed by atoms with Crippen LogP contribution in [0.3, 0.4) is 0 Å². The van der Waals surface area contributed by atoms with Crippen molar-refractivity contribution in [3.8, 4) is 0 Å². The highest BCUT2D eigenvalue weighted by atomic mass is 32.2. The summed E-state index contributed by atoms with van der Waals surface area (Å²) in [5.74, 6) is -1.18. The molecule has 1 aliphatic heterocycles. The molecule has 8 heteroatoms. The zero-order valence-electron chi connectivity index (χ0n) is 11.4. The lowest BCUT2D eigenvalue weighted by atomic mass is 9.92. The maximum absolute atomic E-state index is 11.7. The first-order valence-corrected chi connectivity index (χ1v) is 8.68. The van der Waals surface area contributed by atoms with Crippen LogP contribution in [0.25, 0.3) is 0 Å². The Morgan fingerprint density at radius 3 is 2.70 bits per heavy atom. The fourth-order valence-electron chi connectivity index (χ4n) is 3.08. The number of sulfone groups is 1. The Bertz CT molecular complexity index is 504. The van der Waals surface area contributed by atoms with Gasteiger partial charge in [-0.3, -0.25) is 14.5 Å². The highest BCUT2D eigenvalue weighted by Crippen LogP contribution is 2.29. The number of nitrogens with one attached hydrogen (secondary N) is 1. The molecular weight excluding hydrogens is 284 g/mol. The normalized spacial score (nSPS) is 32.6. The van der Waals surface area contributed by atoms with Gasteiger partial charge in [-0.15, -0.1) is 0 Å². The molecule has 0 spiro atoms. The summed E-state index contributed by atoms with van der Waals surface area (Å²) in [7, 11) is -3.12. The van der Waals surface area contributed by atoms with Gasteiger partial charge in [0.2, 0.25) is 5.91 Å². The van der Waals surface area contributed by atoms with E-state index in [-0.39, 0.29) is 25.0 Å². The van der Waals surface area contributed by atoms with E-state index in [4.69, 9.17) is 0 Å². The molecular formula is C12H20N2O5S. The predicted molar refractivity (Wildman–Crippen MR) is 72.0 cm³/mol. The highest BCUT2D eigenvalue weighted by Gasteiger charge is 2.39. The van der Waals surface area contributed by atoms with E-state index in [1.807, 2.05) is 0 Å². The maximum Gasteiger partial charge on any atom is 0.322 e. The Hall–Kier alpha value is -1.15. The molecule has 20 heavy (non-hydrogen) atoms. The van der Waals surface area contributed by atoms with Crippen LogP contribution >= 0.6 is 0 Å². The molecule has 2 aliphatic rings. The smallest absolute Gasteiger partial charge is 0.322 e. The van der Waals surface area contributed by atoms with Gasteiger partial charge in [0.1, 0.15) is 15.9 Å². The first kappa shape index (κ1) is 15.2. The number of carbonyl (C=O) groups excluding carboxylic acids is 1. The van der Waals surface area contributed by atoms with Crippen molar-refractivity contribution in [3.63, 3.8) is 0 Å². The number of carboxylic acid groups (broad SMARTS) is 1. The number of carbonyl (C=O) groups is 2. The number of nitrogens with zero attached hydrogens (tertiary/aromatic N) is 1. The number of aliphatic carboxylic acids is 1. The molecule has 1 saturated heterocycles. The third-order valence-corrected chi connectivity index (χ3v) is 5.82. The molecule has 1 amide bonds. The van der Waals surface area contributed by atoms with Crippen molar-refractivity contribution in [1.82, 2.24) is 10.2 Å². The van der Waals surface area contributed by atoms with Crippen LogP contribution < -0.4 is 5.32 Å². The quantitative estimate of drug-likeness (QED) is 0.709. The molecule has 2 fully saturated rings. The van der Waals surface area contributed by atoms with Crippen molar-refractivity contribution >= 4 is 21.7 Å². The van der Waals surface area contributed by atoms with Crippen molar-refractivity contribution < 1.29 is 23.1 Å². The van der Waals surface area contributed by atoms with Crippen LogP contribution in [0.5, 0.6) is 0 Å². The zero-order valence-corrected chi connectivity index (χ0v) is 12.2. The second kappa shape index (κ2) is 5.69. The topological polar surface area (TPSA) is 104 Å². The second-order valence-electron chi connectivity index (χ2n) is 5.60. The molecule has 0 aromatic heterocycles. The van der Waals surface area contributed by atoms with Crippen molar-refractivity contribution in [2.45, 2.75) is 43.0 Å². The molecule has 1 heterocycles. The minimum Gasteiger partial charge on any atom is -0.480 e. The number of hydrogen-bond acceptors (Lipinski definition) is 5. The molecule has 1 aliphatic carbocycles.